The first-order valence-corrected chi connectivity index (χ1v) is 15.6. The number of anilines is 1. The van der Waals surface area contributed by atoms with Crippen molar-refractivity contribution >= 4 is 23.3 Å². The first kappa shape index (κ1) is 32.4. The molecule has 3 rings (SSSR count). The highest BCUT2D eigenvalue weighted by Crippen LogP contribution is 2.46. The Morgan fingerprint density at radius 3 is 1.90 bits per heavy atom. The van der Waals surface area contributed by atoms with Crippen LogP contribution < -0.4 is 5.32 Å². The second-order valence-corrected chi connectivity index (χ2v) is 12.8. The fourth-order valence-electron chi connectivity index (χ4n) is 5.61. The van der Waals surface area contributed by atoms with Gasteiger partial charge in [0, 0.05) is 11.3 Å². The molecule has 0 fully saturated rings. The van der Waals surface area contributed by atoms with Gasteiger partial charge in [-0.25, -0.2) is 4.79 Å². The Morgan fingerprint density at radius 1 is 0.780 bits per heavy atom. The van der Waals surface area contributed by atoms with Crippen molar-refractivity contribution in [3.05, 3.63) is 64.7 Å². The number of carboxylic acids is 1. The maximum Gasteiger partial charge on any atom is 0.335 e. The molecule has 2 aromatic rings. The lowest BCUT2D eigenvalue weighted by Crippen LogP contribution is -2.34. The van der Waals surface area contributed by atoms with Gasteiger partial charge in [0.2, 0.25) is 0 Å². The van der Waals surface area contributed by atoms with Crippen LogP contribution in [0.2, 0.25) is 0 Å². The highest BCUT2D eigenvalue weighted by Gasteiger charge is 2.37. The van der Waals surface area contributed by atoms with Crippen LogP contribution in [0.3, 0.4) is 0 Å². The van der Waals surface area contributed by atoms with E-state index in [1.165, 1.54) is 74.6 Å². The third kappa shape index (κ3) is 9.44. The SMILES string of the molecule is CCCCCCCCCCCCON=C(C(=O)Nc1ccc(C(=O)O)cc1)c1ccc2c(c1)C(C)(C)CCC2(C)C. The van der Waals surface area contributed by atoms with Gasteiger partial charge in [-0.05, 0) is 78.0 Å². The number of carboxylic acid groups (broad SMARTS) is 1. The molecule has 0 saturated heterocycles. The second-order valence-electron chi connectivity index (χ2n) is 12.8. The molecule has 0 bridgehead atoms. The Kier molecular flexibility index (Phi) is 12.0. The van der Waals surface area contributed by atoms with Crippen molar-refractivity contribution < 1.29 is 19.5 Å². The molecule has 0 heterocycles. The van der Waals surface area contributed by atoms with E-state index in [0.29, 0.717) is 12.3 Å². The predicted molar refractivity (Wildman–Crippen MR) is 168 cm³/mol. The highest BCUT2D eigenvalue weighted by atomic mass is 16.6. The lowest BCUT2D eigenvalue weighted by Gasteiger charge is -2.42. The van der Waals surface area contributed by atoms with Crippen molar-refractivity contribution in [1.82, 2.24) is 0 Å². The van der Waals surface area contributed by atoms with E-state index in [4.69, 9.17) is 4.84 Å². The molecule has 1 aliphatic rings. The van der Waals surface area contributed by atoms with Crippen LogP contribution in [0.5, 0.6) is 0 Å². The smallest absolute Gasteiger partial charge is 0.335 e. The Balaban J connectivity index is 1.69. The van der Waals surface area contributed by atoms with E-state index in [9.17, 15) is 14.7 Å². The fourth-order valence-corrected chi connectivity index (χ4v) is 5.61. The summed E-state index contributed by atoms with van der Waals surface area (Å²) >= 11 is 0. The molecule has 2 aromatic carbocycles. The standard InChI is InChI=1S/C35H50N2O4/c1-6-7-8-9-10-11-12-13-14-15-24-41-37-31(32(38)36-28-19-16-26(17-20-28)33(39)40)27-18-21-29-30(25-27)35(4,5)23-22-34(29,2)3/h16-21,25H,6-15,22-24H2,1-5H3,(H,36,38)(H,39,40). The first-order valence-electron chi connectivity index (χ1n) is 15.6. The van der Waals surface area contributed by atoms with Crippen LogP contribution in [0.15, 0.2) is 47.6 Å². The number of benzene rings is 2. The molecule has 1 amide bonds. The first-order chi connectivity index (χ1) is 19.5. The molecular formula is C35H50N2O4. The van der Waals surface area contributed by atoms with Gasteiger partial charge in [-0.15, -0.1) is 0 Å². The minimum atomic E-state index is -1.01. The van der Waals surface area contributed by atoms with Gasteiger partial charge in [-0.2, -0.15) is 0 Å². The fraction of sp³-hybridized carbons (Fsp3) is 0.571. The molecule has 0 radical (unpaired) electrons. The van der Waals surface area contributed by atoms with Crippen LogP contribution in [0.1, 0.15) is 139 Å². The number of carbonyl (C=O) groups is 2. The summed E-state index contributed by atoms with van der Waals surface area (Å²) in [5.74, 6) is -1.39. The number of rotatable bonds is 16. The quantitative estimate of drug-likeness (QED) is 0.121. The summed E-state index contributed by atoms with van der Waals surface area (Å²) in [5.41, 5.74) is 4.23. The van der Waals surface area contributed by atoms with E-state index in [2.05, 4.69) is 57.2 Å². The van der Waals surface area contributed by atoms with Gasteiger partial charge in [-0.1, -0.05) is 103 Å². The number of hydrogen-bond donors (Lipinski definition) is 2. The summed E-state index contributed by atoms with van der Waals surface area (Å²) in [4.78, 5) is 30.4. The number of oxime groups is 1. The van der Waals surface area contributed by atoms with Crippen LogP contribution >= 0.6 is 0 Å². The van der Waals surface area contributed by atoms with E-state index < -0.39 is 5.97 Å². The maximum absolute atomic E-state index is 13.5. The summed E-state index contributed by atoms with van der Waals surface area (Å²) in [7, 11) is 0. The molecule has 0 aliphatic heterocycles. The Morgan fingerprint density at radius 2 is 1.32 bits per heavy atom. The number of amides is 1. The van der Waals surface area contributed by atoms with Crippen LogP contribution in [0.4, 0.5) is 5.69 Å². The van der Waals surface area contributed by atoms with Gasteiger partial charge in [0.05, 0.1) is 5.56 Å². The normalized spacial score (nSPS) is 15.7. The highest BCUT2D eigenvalue weighted by molar-refractivity contribution is 6.48. The lowest BCUT2D eigenvalue weighted by atomic mass is 9.63. The number of hydrogen-bond acceptors (Lipinski definition) is 4. The van der Waals surface area contributed by atoms with Crippen LogP contribution in [0.25, 0.3) is 0 Å². The van der Waals surface area contributed by atoms with Crippen LogP contribution in [-0.4, -0.2) is 29.3 Å². The Bertz CT molecular complexity index is 1180. The van der Waals surface area contributed by atoms with Crippen molar-refractivity contribution in [1.29, 1.82) is 0 Å². The van der Waals surface area contributed by atoms with E-state index in [-0.39, 0.29) is 28.0 Å². The summed E-state index contributed by atoms with van der Waals surface area (Å²) < 4.78 is 0. The monoisotopic (exact) mass is 562 g/mol. The summed E-state index contributed by atoms with van der Waals surface area (Å²) in [6.45, 7) is 11.8. The average molecular weight is 563 g/mol. The molecule has 41 heavy (non-hydrogen) atoms. The largest absolute Gasteiger partial charge is 0.478 e. The third-order valence-electron chi connectivity index (χ3n) is 8.48. The van der Waals surface area contributed by atoms with Crippen molar-refractivity contribution in [2.24, 2.45) is 5.16 Å². The average Bonchev–Trinajstić information content (AvgIpc) is 2.94. The van der Waals surface area contributed by atoms with Gasteiger partial charge in [0.15, 0.2) is 5.71 Å². The zero-order valence-electron chi connectivity index (χ0n) is 25.9. The van der Waals surface area contributed by atoms with Gasteiger partial charge in [0.1, 0.15) is 6.61 Å². The molecule has 224 valence electrons. The van der Waals surface area contributed by atoms with Crippen molar-refractivity contribution in [3.8, 4) is 0 Å². The van der Waals surface area contributed by atoms with E-state index in [0.717, 1.165) is 31.2 Å². The Hall–Kier alpha value is -3.15. The van der Waals surface area contributed by atoms with E-state index >= 15 is 0 Å². The molecule has 6 nitrogen and oxygen atoms in total. The number of aromatic carboxylic acids is 1. The minimum absolute atomic E-state index is 0.00797. The lowest BCUT2D eigenvalue weighted by molar-refractivity contribution is -0.110. The minimum Gasteiger partial charge on any atom is -0.478 e. The predicted octanol–water partition coefficient (Wildman–Crippen LogP) is 9.01. The third-order valence-corrected chi connectivity index (χ3v) is 8.48. The number of fused-ring (bicyclic) bond motifs is 1. The number of carbonyl (C=O) groups excluding carboxylic acids is 1. The molecule has 2 N–H and O–H groups in total. The zero-order chi connectivity index (χ0) is 29.9. The number of unbranched alkanes of at least 4 members (excludes halogenated alkanes) is 9. The topological polar surface area (TPSA) is 88.0 Å². The molecule has 0 aromatic heterocycles. The van der Waals surface area contributed by atoms with Gasteiger partial charge in [-0.3, -0.25) is 4.79 Å². The summed E-state index contributed by atoms with van der Waals surface area (Å²) in [6.07, 6.45) is 14.6. The second kappa shape index (κ2) is 15.2. The molecule has 0 unspecified atom stereocenters. The molecule has 0 saturated carbocycles. The molecule has 0 spiro atoms. The van der Waals surface area contributed by atoms with Gasteiger partial charge < -0.3 is 15.3 Å². The van der Waals surface area contributed by atoms with Crippen LogP contribution in [-0.2, 0) is 20.5 Å². The summed E-state index contributed by atoms with van der Waals surface area (Å²) in [6, 6.07) is 12.3. The zero-order valence-corrected chi connectivity index (χ0v) is 25.9. The summed E-state index contributed by atoms with van der Waals surface area (Å²) in [5, 5.41) is 16.4. The van der Waals surface area contributed by atoms with Crippen molar-refractivity contribution in [2.45, 2.75) is 122 Å². The maximum atomic E-state index is 13.5. The number of nitrogens with zero attached hydrogens (tertiary/aromatic N) is 1. The van der Waals surface area contributed by atoms with E-state index in [1.54, 1.807) is 12.1 Å². The van der Waals surface area contributed by atoms with Crippen molar-refractivity contribution in [3.63, 3.8) is 0 Å². The molecule has 1 aliphatic carbocycles. The molecule has 6 heteroatoms. The Labute approximate surface area is 247 Å². The van der Waals surface area contributed by atoms with Crippen LogP contribution in [0, 0.1) is 0 Å². The molecular weight excluding hydrogens is 512 g/mol. The van der Waals surface area contributed by atoms with Gasteiger partial charge >= 0.3 is 5.97 Å². The number of nitrogens with one attached hydrogen (secondary N) is 1. The van der Waals surface area contributed by atoms with Crippen molar-refractivity contribution in [2.75, 3.05) is 11.9 Å². The van der Waals surface area contributed by atoms with Gasteiger partial charge in [0.25, 0.3) is 5.91 Å². The molecule has 0 atom stereocenters. The van der Waals surface area contributed by atoms with E-state index in [1.807, 2.05) is 6.07 Å².